The molecule has 1 heterocycles. The standard InChI is InChI=1S/C19H22N2O/c1-2-7-14-8-3-4-11-17(14)21-19(22)16-9-5-12-18-15(16)10-6-13-20-18/h3-5,8-9,11-12,20H,2,6-7,10,13H2,1H3,(H,21,22). The van der Waals surface area contributed by atoms with Gasteiger partial charge in [0, 0.05) is 23.5 Å². The number of anilines is 2. The van der Waals surface area contributed by atoms with Crippen molar-refractivity contribution in [2.45, 2.75) is 32.6 Å². The van der Waals surface area contributed by atoms with Gasteiger partial charge in [-0.25, -0.2) is 0 Å². The fourth-order valence-corrected chi connectivity index (χ4v) is 3.04. The molecule has 0 aromatic heterocycles. The zero-order chi connectivity index (χ0) is 15.4. The van der Waals surface area contributed by atoms with Crippen molar-refractivity contribution in [3.05, 3.63) is 59.2 Å². The van der Waals surface area contributed by atoms with Crippen molar-refractivity contribution in [3.8, 4) is 0 Å². The van der Waals surface area contributed by atoms with Gasteiger partial charge in [0.25, 0.3) is 5.91 Å². The molecule has 0 saturated carbocycles. The van der Waals surface area contributed by atoms with Crippen molar-refractivity contribution in [2.75, 3.05) is 17.2 Å². The van der Waals surface area contributed by atoms with Crippen molar-refractivity contribution in [2.24, 2.45) is 0 Å². The van der Waals surface area contributed by atoms with Crippen LogP contribution in [-0.2, 0) is 12.8 Å². The summed E-state index contributed by atoms with van der Waals surface area (Å²) in [5, 5.41) is 6.47. The largest absolute Gasteiger partial charge is 0.385 e. The van der Waals surface area contributed by atoms with E-state index >= 15 is 0 Å². The normalized spacial score (nSPS) is 13.1. The van der Waals surface area contributed by atoms with Gasteiger partial charge in [-0.1, -0.05) is 37.6 Å². The Morgan fingerprint density at radius 1 is 1.18 bits per heavy atom. The first-order valence-electron chi connectivity index (χ1n) is 8.04. The third-order valence-electron chi connectivity index (χ3n) is 4.12. The highest BCUT2D eigenvalue weighted by atomic mass is 16.1. The monoisotopic (exact) mass is 294 g/mol. The van der Waals surface area contributed by atoms with Crippen molar-refractivity contribution in [3.63, 3.8) is 0 Å². The topological polar surface area (TPSA) is 41.1 Å². The maximum atomic E-state index is 12.7. The summed E-state index contributed by atoms with van der Waals surface area (Å²) in [6.45, 7) is 3.13. The van der Waals surface area contributed by atoms with Gasteiger partial charge < -0.3 is 10.6 Å². The highest BCUT2D eigenvalue weighted by molar-refractivity contribution is 6.06. The molecule has 114 valence electrons. The molecule has 0 atom stereocenters. The number of rotatable bonds is 4. The Labute approximate surface area is 131 Å². The molecule has 3 nitrogen and oxygen atoms in total. The van der Waals surface area contributed by atoms with E-state index in [0.717, 1.165) is 54.7 Å². The van der Waals surface area contributed by atoms with Crippen molar-refractivity contribution >= 4 is 17.3 Å². The predicted molar refractivity (Wildman–Crippen MR) is 91.6 cm³/mol. The second-order valence-corrected chi connectivity index (χ2v) is 5.72. The van der Waals surface area contributed by atoms with Crippen molar-refractivity contribution in [1.29, 1.82) is 0 Å². The Balaban J connectivity index is 1.87. The third-order valence-corrected chi connectivity index (χ3v) is 4.12. The van der Waals surface area contributed by atoms with Crippen LogP contribution in [0.4, 0.5) is 11.4 Å². The van der Waals surface area contributed by atoms with E-state index < -0.39 is 0 Å². The molecular weight excluding hydrogens is 272 g/mol. The van der Waals surface area contributed by atoms with Gasteiger partial charge >= 0.3 is 0 Å². The average Bonchev–Trinajstić information content (AvgIpc) is 2.56. The fraction of sp³-hybridized carbons (Fsp3) is 0.316. The molecule has 0 aliphatic carbocycles. The van der Waals surface area contributed by atoms with Crippen LogP contribution in [0.3, 0.4) is 0 Å². The summed E-state index contributed by atoms with van der Waals surface area (Å²) in [6, 6.07) is 14.0. The Morgan fingerprint density at radius 3 is 2.91 bits per heavy atom. The summed E-state index contributed by atoms with van der Waals surface area (Å²) in [5.41, 5.74) is 5.15. The Morgan fingerprint density at radius 2 is 2.05 bits per heavy atom. The molecule has 3 heteroatoms. The first-order chi connectivity index (χ1) is 10.8. The van der Waals surface area contributed by atoms with Gasteiger partial charge in [0.15, 0.2) is 0 Å². The smallest absolute Gasteiger partial charge is 0.256 e. The lowest BCUT2D eigenvalue weighted by atomic mass is 9.97. The summed E-state index contributed by atoms with van der Waals surface area (Å²) in [5.74, 6) is -0.0101. The number of para-hydroxylation sites is 1. The predicted octanol–water partition coefficient (Wildman–Crippen LogP) is 4.25. The molecule has 2 N–H and O–H groups in total. The quantitative estimate of drug-likeness (QED) is 0.885. The summed E-state index contributed by atoms with van der Waals surface area (Å²) in [6.07, 6.45) is 4.08. The number of carbonyl (C=O) groups excluding carboxylic acids is 1. The zero-order valence-electron chi connectivity index (χ0n) is 13.0. The number of nitrogens with one attached hydrogen (secondary N) is 2. The van der Waals surface area contributed by atoms with Crippen LogP contribution < -0.4 is 10.6 Å². The average molecular weight is 294 g/mol. The number of hydrogen-bond donors (Lipinski definition) is 2. The number of carbonyl (C=O) groups is 1. The highest BCUT2D eigenvalue weighted by Crippen LogP contribution is 2.26. The van der Waals surface area contributed by atoms with Gasteiger partial charge in [-0.15, -0.1) is 0 Å². The molecule has 0 spiro atoms. The fourth-order valence-electron chi connectivity index (χ4n) is 3.04. The maximum absolute atomic E-state index is 12.7. The molecule has 1 aliphatic rings. The molecule has 0 radical (unpaired) electrons. The number of amides is 1. The van der Waals surface area contributed by atoms with Crippen LogP contribution in [0.5, 0.6) is 0 Å². The molecule has 1 aliphatic heterocycles. The lowest BCUT2D eigenvalue weighted by Crippen LogP contribution is -2.19. The van der Waals surface area contributed by atoms with Gasteiger partial charge in [0.1, 0.15) is 0 Å². The summed E-state index contributed by atoms with van der Waals surface area (Å²) in [7, 11) is 0. The number of aryl methyl sites for hydroxylation is 1. The van der Waals surface area contributed by atoms with Crippen LogP contribution in [0.1, 0.15) is 41.3 Å². The second-order valence-electron chi connectivity index (χ2n) is 5.72. The van der Waals surface area contributed by atoms with E-state index in [2.05, 4.69) is 29.7 Å². The number of benzene rings is 2. The zero-order valence-corrected chi connectivity index (χ0v) is 13.0. The van der Waals surface area contributed by atoms with E-state index in [0.29, 0.717) is 0 Å². The second kappa shape index (κ2) is 6.65. The first-order valence-corrected chi connectivity index (χ1v) is 8.04. The molecule has 2 aromatic rings. The summed E-state index contributed by atoms with van der Waals surface area (Å²) in [4.78, 5) is 12.7. The lowest BCUT2D eigenvalue weighted by molar-refractivity contribution is 0.102. The minimum absolute atomic E-state index is 0.0101. The Hall–Kier alpha value is -2.29. The van der Waals surface area contributed by atoms with Crippen LogP contribution in [0, 0.1) is 0 Å². The summed E-state index contributed by atoms with van der Waals surface area (Å²) >= 11 is 0. The van der Waals surface area contributed by atoms with E-state index in [1.54, 1.807) is 0 Å². The number of hydrogen-bond acceptors (Lipinski definition) is 2. The van der Waals surface area contributed by atoms with Crippen LogP contribution in [0.2, 0.25) is 0 Å². The van der Waals surface area contributed by atoms with Gasteiger partial charge in [-0.3, -0.25) is 4.79 Å². The van der Waals surface area contributed by atoms with E-state index in [9.17, 15) is 4.79 Å². The lowest BCUT2D eigenvalue weighted by Gasteiger charge is -2.21. The molecule has 0 bridgehead atoms. The first kappa shape index (κ1) is 14.6. The Kier molecular flexibility index (Phi) is 4.42. The minimum atomic E-state index is -0.0101. The van der Waals surface area contributed by atoms with E-state index in [1.165, 1.54) is 5.56 Å². The molecule has 1 amide bonds. The maximum Gasteiger partial charge on any atom is 0.256 e. The third kappa shape index (κ3) is 2.98. The van der Waals surface area contributed by atoms with Gasteiger partial charge in [0.05, 0.1) is 0 Å². The van der Waals surface area contributed by atoms with Crippen molar-refractivity contribution < 1.29 is 4.79 Å². The van der Waals surface area contributed by atoms with Crippen LogP contribution in [-0.4, -0.2) is 12.5 Å². The number of fused-ring (bicyclic) bond motifs is 1. The van der Waals surface area contributed by atoms with E-state index in [-0.39, 0.29) is 5.91 Å². The molecule has 0 fully saturated rings. The molecule has 0 unspecified atom stereocenters. The van der Waals surface area contributed by atoms with Gasteiger partial charge in [-0.05, 0) is 48.6 Å². The van der Waals surface area contributed by atoms with E-state index in [1.807, 2.05) is 30.3 Å². The van der Waals surface area contributed by atoms with Gasteiger partial charge in [0.2, 0.25) is 0 Å². The summed E-state index contributed by atoms with van der Waals surface area (Å²) < 4.78 is 0. The van der Waals surface area contributed by atoms with Crippen molar-refractivity contribution in [1.82, 2.24) is 0 Å². The highest BCUT2D eigenvalue weighted by Gasteiger charge is 2.17. The van der Waals surface area contributed by atoms with Gasteiger partial charge in [-0.2, -0.15) is 0 Å². The molecule has 0 saturated heterocycles. The van der Waals surface area contributed by atoms with Crippen LogP contribution >= 0.6 is 0 Å². The van der Waals surface area contributed by atoms with Crippen LogP contribution in [0.15, 0.2) is 42.5 Å². The molecule has 22 heavy (non-hydrogen) atoms. The molecule has 2 aromatic carbocycles. The molecular formula is C19H22N2O. The Bertz CT molecular complexity index is 679. The van der Waals surface area contributed by atoms with Crippen LogP contribution in [0.25, 0.3) is 0 Å². The van der Waals surface area contributed by atoms with E-state index in [4.69, 9.17) is 0 Å². The SMILES string of the molecule is CCCc1ccccc1NC(=O)c1cccc2c1CCCN2. The minimum Gasteiger partial charge on any atom is -0.385 e. The molecule has 3 rings (SSSR count).